The highest BCUT2D eigenvalue weighted by Crippen LogP contribution is 2.25. The number of nitrogens with zero attached hydrogens (tertiary/aromatic N) is 2. The number of aromatic nitrogens is 1. The number of hydrogen-bond donors (Lipinski definition) is 0. The molecule has 0 atom stereocenters. The number of thiazole rings is 1. The molecule has 3 aromatic rings. The molecule has 0 amide bonds. The Labute approximate surface area is 139 Å². The van der Waals surface area contributed by atoms with Crippen LogP contribution < -0.4 is 0 Å². The van der Waals surface area contributed by atoms with Crippen molar-refractivity contribution in [3.05, 3.63) is 64.7 Å². The molecule has 0 saturated carbocycles. The van der Waals surface area contributed by atoms with Crippen LogP contribution in [0.4, 0.5) is 0 Å². The van der Waals surface area contributed by atoms with E-state index in [9.17, 15) is 0 Å². The van der Waals surface area contributed by atoms with Crippen molar-refractivity contribution in [1.29, 1.82) is 0 Å². The SMILES string of the molecule is c1ccc2c(c1)CCN(SCc1ccc3ncsc3c1)CC2. The van der Waals surface area contributed by atoms with Crippen LogP contribution in [-0.4, -0.2) is 22.4 Å². The van der Waals surface area contributed by atoms with Crippen LogP contribution in [-0.2, 0) is 18.6 Å². The summed E-state index contributed by atoms with van der Waals surface area (Å²) < 4.78 is 3.82. The van der Waals surface area contributed by atoms with Gasteiger partial charge in [0.15, 0.2) is 0 Å². The highest BCUT2D eigenvalue weighted by molar-refractivity contribution is 7.96. The van der Waals surface area contributed by atoms with Crippen LogP contribution in [0.5, 0.6) is 0 Å². The molecule has 0 fully saturated rings. The third-order valence-corrected chi connectivity index (χ3v) is 6.17. The van der Waals surface area contributed by atoms with Crippen molar-refractivity contribution in [1.82, 2.24) is 9.29 Å². The molecule has 0 spiro atoms. The molecule has 2 aromatic carbocycles. The summed E-state index contributed by atoms with van der Waals surface area (Å²) in [5.74, 6) is 1.05. The summed E-state index contributed by atoms with van der Waals surface area (Å²) in [6.07, 6.45) is 2.33. The van der Waals surface area contributed by atoms with Gasteiger partial charge in [-0.05, 0) is 41.7 Å². The Hall–Kier alpha value is -1.36. The predicted octanol–water partition coefficient (Wildman–Crippen LogP) is 4.55. The van der Waals surface area contributed by atoms with Gasteiger partial charge in [-0.15, -0.1) is 11.3 Å². The predicted molar refractivity (Wildman–Crippen MR) is 96.3 cm³/mol. The monoisotopic (exact) mass is 326 g/mol. The van der Waals surface area contributed by atoms with Crippen LogP contribution in [0.25, 0.3) is 10.2 Å². The van der Waals surface area contributed by atoms with Gasteiger partial charge >= 0.3 is 0 Å². The van der Waals surface area contributed by atoms with Crippen LogP contribution in [0.2, 0.25) is 0 Å². The number of benzene rings is 2. The van der Waals surface area contributed by atoms with Gasteiger partial charge in [0.1, 0.15) is 0 Å². The van der Waals surface area contributed by atoms with Crippen molar-refractivity contribution in [2.24, 2.45) is 0 Å². The van der Waals surface area contributed by atoms with Crippen LogP contribution in [0.1, 0.15) is 16.7 Å². The molecule has 1 aliphatic heterocycles. The van der Waals surface area contributed by atoms with Crippen LogP contribution >= 0.6 is 23.3 Å². The molecule has 0 bridgehead atoms. The van der Waals surface area contributed by atoms with Gasteiger partial charge in [-0.3, -0.25) is 0 Å². The molecule has 1 aromatic heterocycles. The minimum atomic E-state index is 1.05. The average Bonchev–Trinajstić information content (AvgIpc) is 2.92. The first-order chi connectivity index (χ1) is 10.9. The zero-order chi connectivity index (χ0) is 14.8. The summed E-state index contributed by atoms with van der Waals surface area (Å²) in [6, 6.07) is 15.5. The first-order valence-corrected chi connectivity index (χ1v) is 9.47. The standard InChI is InChI=1S/C18H18N2S2/c1-2-4-16-8-10-20(9-7-15(16)3-1)22-12-14-5-6-17-18(11-14)21-13-19-17/h1-6,11,13H,7-10,12H2. The lowest BCUT2D eigenvalue weighted by atomic mass is 10.0. The van der Waals surface area contributed by atoms with Crippen molar-refractivity contribution < 1.29 is 0 Å². The first-order valence-electron chi connectivity index (χ1n) is 7.65. The van der Waals surface area contributed by atoms with E-state index < -0.39 is 0 Å². The Kier molecular flexibility index (Phi) is 4.15. The van der Waals surface area contributed by atoms with E-state index in [0.29, 0.717) is 0 Å². The van der Waals surface area contributed by atoms with E-state index in [4.69, 9.17) is 0 Å². The highest BCUT2D eigenvalue weighted by atomic mass is 32.2. The molecule has 0 radical (unpaired) electrons. The minimum Gasteiger partial charge on any atom is -0.250 e. The molecular formula is C18H18N2S2. The summed E-state index contributed by atoms with van der Waals surface area (Å²) in [7, 11) is 0. The normalized spacial score (nSPS) is 15.6. The van der Waals surface area contributed by atoms with E-state index in [0.717, 1.165) is 37.2 Å². The Morgan fingerprint density at radius 2 is 1.82 bits per heavy atom. The third-order valence-electron chi connectivity index (χ3n) is 4.19. The van der Waals surface area contributed by atoms with Gasteiger partial charge in [-0.25, -0.2) is 9.29 Å². The van der Waals surface area contributed by atoms with Gasteiger partial charge < -0.3 is 0 Å². The summed E-state index contributed by atoms with van der Waals surface area (Å²) >= 11 is 3.69. The van der Waals surface area contributed by atoms with Gasteiger partial charge in [0.2, 0.25) is 0 Å². The molecule has 1 aliphatic rings. The van der Waals surface area contributed by atoms with E-state index in [1.807, 2.05) is 17.5 Å². The molecule has 2 heterocycles. The second-order valence-electron chi connectivity index (χ2n) is 5.63. The van der Waals surface area contributed by atoms with Crippen molar-refractivity contribution >= 4 is 33.5 Å². The molecular weight excluding hydrogens is 308 g/mol. The molecule has 0 N–H and O–H groups in total. The number of fused-ring (bicyclic) bond motifs is 2. The van der Waals surface area contributed by atoms with Gasteiger partial charge in [0.05, 0.1) is 15.7 Å². The lowest BCUT2D eigenvalue weighted by Crippen LogP contribution is -2.18. The largest absolute Gasteiger partial charge is 0.250 e. The topological polar surface area (TPSA) is 16.1 Å². The number of rotatable bonds is 3. The molecule has 4 heteroatoms. The van der Waals surface area contributed by atoms with E-state index in [1.54, 1.807) is 11.3 Å². The first kappa shape index (κ1) is 14.2. The Balaban J connectivity index is 1.40. The maximum Gasteiger partial charge on any atom is 0.0812 e. The van der Waals surface area contributed by atoms with Gasteiger partial charge in [0.25, 0.3) is 0 Å². The summed E-state index contributed by atoms with van der Waals surface area (Å²) in [5.41, 5.74) is 7.48. The second-order valence-corrected chi connectivity index (χ2v) is 7.58. The fourth-order valence-electron chi connectivity index (χ4n) is 2.93. The summed E-state index contributed by atoms with van der Waals surface area (Å²) in [6.45, 7) is 2.29. The number of hydrogen-bond acceptors (Lipinski definition) is 4. The van der Waals surface area contributed by atoms with Crippen molar-refractivity contribution in [2.75, 3.05) is 13.1 Å². The van der Waals surface area contributed by atoms with Crippen molar-refractivity contribution in [2.45, 2.75) is 18.6 Å². The smallest absolute Gasteiger partial charge is 0.0812 e. The summed E-state index contributed by atoms with van der Waals surface area (Å²) in [5, 5.41) is 0. The maximum atomic E-state index is 4.35. The lowest BCUT2D eigenvalue weighted by Gasteiger charge is -2.18. The van der Waals surface area contributed by atoms with Gasteiger partial charge in [-0.1, -0.05) is 42.3 Å². The fraction of sp³-hybridized carbons (Fsp3) is 0.278. The highest BCUT2D eigenvalue weighted by Gasteiger charge is 2.14. The molecule has 2 nitrogen and oxygen atoms in total. The third kappa shape index (κ3) is 3.05. The summed E-state index contributed by atoms with van der Waals surface area (Å²) in [4.78, 5) is 4.35. The average molecular weight is 326 g/mol. The van der Waals surface area contributed by atoms with Gasteiger partial charge in [0, 0.05) is 18.8 Å². The molecule has 22 heavy (non-hydrogen) atoms. The zero-order valence-corrected chi connectivity index (χ0v) is 14.0. The van der Waals surface area contributed by atoms with E-state index in [-0.39, 0.29) is 0 Å². The fourth-order valence-corrected chi connectivity index (χ4v) is 4.62. The molecule has 0 unspecified atom stereocenters. The van der Waals surface area contributed by atoms with Crippen LogP contribution in [0.15, 0.2) is 48.0 Å². The Morgan fingerprint density at radius 3 is 2.59 bits per heavy atom. The van der Waals surface area contributed by atoms with Crippen LogP contribution in [0.3, 0.4) is 0 Å². The van der Waals surface area contributed by atoms with Gasteiger partial charge in [-0.2, -0.15) is 0 Å². The van der Waals surface area contributed by atoms with E-state index >= 15 is 0 Å². The molecule has 112 valence electrons. The molecule has 0 saturated heterocycles. The maximum absolute atomic E-state index is 4.35. The Morgan fingerprint density at radius 1 is 1.05 bits per heavy atom. The lowest BCUT2D eigenvalue weighted by molar-refractivity contribution is 0.493. The zero-order valence-electron chi connectivity index (χ0n) is 12.4. The quantitative estimate of drug-likeness (QED) is 0.657. The molecule has 4 rings (SSSR count). The second kappa shape index (κ2) is 6.41. The Bertz CT molecular complexity index is 754. The van der Waals surface area contributed by atoms with Crippen LogP contribution in [0, 0.1) is 0 Å². The van der Waals surface area contributed by atoms with E-state index in [1.165, 1.54) is 21.4 Å². The van der Waals surface area contributed by atoms with Crippen molar-refractivity contribution in [3.63, 3.8) is 0 Å². The minimum absolute atomic E-state index is 1.05. The van der Waals surface area contributed by atoms with E-state index in [2.05, 4.69) is 51.8 Å². The molecule has 0 aliphatic carbocycles. The van der Waals surface area contributed by atoms with Crippen molar-refractivity contribution in [3.8, 4) is 0 Å².